The van der Waals surface area contributed by atoms with Gasteiger partial charge in [0.15, 0.2) is 11.6 Å². The lowest BCUT2D eigenvalue weighted by atomic mass is 9.96. The molecule has 2 fully saturated rings. The van der Waals surface area contributed by atoms with E-state index in [1.54, 1.807) is 0 Å². The highest BCUT2D eigenvalue weighted by Gasteiger charge is 2.54. The standard InChI is InChI=1S/C16H19F2NO2/c17-12-3-1-2-11(15(12)18)4-5-14(20)19-13-10-16(13)6-8-21-9-7-16/h1-3,13H,4-10H2,(H,19,20). The van der Waals surface area contributed by atoms with Crippen LogP contribution in [-0.4, -0.2) is 25.2 Å². The second-order valence-corrected chi connectivity index (χ2v) is 6.01. The van der Waals surface area contributed by atoms with Crippen molar-refractivity contribution in [2.45, 2.75) is 38.1 Å². The van der Waals surface area contributed by atoms with E-state index in [2.05, 4.69) is 5.32 Å². The van der Waals surface area contributed by atoms with Crippen LogP contribution in [0.5, 0.6) is 0 Å². The average Bonchev–Trinajstić information content (AvgIpc) is 3.12. The van der Waals surface area contributed by atoms with Crippen molar-refractivity contribution < 1.29 is 18.3 Å². The monoisotopic (exact) mass is 295 g/mol. The van der Waals surface area contributed by atoms with Gasteiger partial charge in [-0.3, -0.25) is 4.79 Å². The zero-order valence-electron chi connectivity index (χ0n) is 11.8. The average molecular weight is 295 g/mol. The summed E-state index contributed by atoms with van der Waals surface area (Å²) in [4.78, 5) is 11.9. The molecule has 3 nitrogen and oxygen atoms in total. The van der Waals surface area contributed by atoms with Crippen LogP contribution in [0.3, 0.4) is 0 Å². The lowest BCUT2D eigenvalue weighted by Gasteiger charge is -2.22. The van der Waals surface area contributed by atoms with Crippen LogP contribution in [0.1, 0.15) is 31.2 Å². The number of aryl methyl sites for hydroxylation is 1. The van der Waals surface area contributed by atoms with E-state index in [1.807, 2.05) is 0 Å². The number of rotatable bonds is 4. The summed E-state index contributed by atoms with van der Waals surface area (Å²) in [6, 6.07) is 4.29. The number of nitrogens with one attached hydrogen (secondary N) is 1. The Balaban J connectivity index is 1.48. The maximum Gasteiger partial charge on any atom is 0.220 e. The Morgan fingerprint density at radius 2 is 2.10 bits per heavy atom. The number of hydrogen-bond donors (Lipinski definition) is 1. The van der Waals surface area contributed by atoms with Gasteiger partial charge in [0.2, 0.25) is 5.91 Å². The van der Waals surface area contributed by atoms with Crippen molar-refractivity contribution in [2.75, 3.05) is 13.2 Å². The molecule has 0 radical (unpaired) electrons. The molecule has 3 rings (SSSR count). The summed E-state index contributed by atoms with van der Waals surface area (Å²) in [7, 11) is 0. The number of carbonyl (C=O) groups excluding carboxylic acids is 1. The lowest BCUT2D eigenvalue weighted by Crippen LogP contribution is -2.32. The first kappa shape index (κ1) is 14.4. The second kappa shape index (κ2) is 5.72. The third-order valence-corrected chi connectivity index (χ3v) is 4.67. The van der Waals surface area contributed by atoms with E-state index >= 15 is 0 Å². The number of hydrogen-bond acceptors (Lipinski definition) is 2. The SMILES string of the molecule is O=C(CCc1cccc(F)c1F)NC1CC12CCOCC2. The van der Waals surface area contributed by atoms with Gasteiger partial charge in [-0.15, -0.1) is 0 Å². The maximum absolute atomic E-state index is 13.5. The van der Waals surface area contributed by atoms with Crippen LogP contribution in [0.2, 0.25) is 0 Å². The molecule has 1 aromatic rings. The summed E-state index contributed by atoms with van der Waals surface area (Å²) in [5.41, 5.74) is 0.486. The molecule has 5 heteroatoms. The summed E-state index contributed by atoms with van der Waals surface area (Å²) in [6.07, 6.45) is 3.41. The van der Waals surface area contributed by atoms with Gasteiger partial charge in [-0.2, -0.15) is 0 Å². The number of carbonyl (C=O) groups is 1. The molecule has 1 saturated carbocycles. The molecule has 1 N–H and O–H groups in total. The Morgan fingerprint density at radius 3 is 2.86 bits per heavy atom. The van der Waals surface area contributed by atoms with Crippen molar-refractivity contribution in [3.63, 3.8) is 0 Å². The van der Waals surface area contributed by atoms with Crippen LogP contribution in [-0.2, 0) is 16.0 Å². The molecule has 1 spiro atoms. The van der Waals surface area contributed by atoms with Crippen LogP contribution < -0.4 is 5.32 Å². The van der Waals surface area contributed by atoms with Gasteiger partial charge in [-0.1, -0.05) is 12.1 Å². The van der Waals surface area contributed by atoms with Crippen molar-refractivity contribution in [3.05, 3.63) is 35.4 Å². The molecule has 0 aromatic heterocycles. The molecule has 1 atom stereocenters. The molecule has 1 saturated heterocycles. The van der Waals surface area contributed by atoms with E-state index in [9.17, 15) is 13.6 Å². The third kappa shape index (κ3) is 3.07. The van der Waals surface area contributed by atoms with Crippen LogP contribution in [0, 0.1) is 17.0 Å². The van der Waals surface area contributed by atoms with Gasteiger partial charge in [-0.05, 0) is 42.7 Å². The summed E-state index contributed by atoms with van der Waals surface area (Å²) in [5.74, 6) is -1.80. The zero-order valence-corrected chi connectivity index (χ0v) is 11.8. The molecule has 1 aromatic carbocycles. The molecule has 1 unspecified atom stereocenters. The Hall–Kier alpha value is -1.49. The van der Waals surface area contributed by atoms with Crippen LogP contribution >= 0.6 is 0 Å². The minimum atomic E-state index is -0.865. The summed E-state index contributed by atoms with van der Waals surface area (Å²) < 4.78 is 31.9. The van der Waals surface area contributed by atoms with Crippen LogP contribution in [0.15, 0.2) is 18.2 Å². The van der Waals surface area contributed by atoms with Gasteiger partial charge in [0.25, 0.3) is 0 Å². The number of amides is 1. The quantitative estimate of drug-likeness (QED) is 0.927. The molecule has 1 aliphatic heterocycles. The molecule has 21 heavy (non-hydrogen) atoms. The number of halogens is 2. The maximum atomic E-state index is 13.5. The summed E-state index contributed by atoms with van der Waals surface area (Å²) >= 11 is 0. The Bertz CT molecular complexity index is 541. The fraction of sp³-hybridized carbons (Fsp3) is 0.562. The highest BCUT2D eigenvalue weighted by Crippen LogP contribution is 2.53. The van der Waals surface area contributed by atoms with Gasteiger partial charge in [0.05, 0.1) is 0 Å². The van der Waals surface area contributed by atoms with E-state index in [0.29, 0.717) is 0 Å². The van der Waals surface area contributed by atoms with E-state index < -0.39 is 11.6 Å². The highest BCUT2D eigenvalue weighted by atomic mass is 19.2. The minimum Gasteiger partial charge on any atom is -0.381 e. The fourth-order valence-corrected chi connectivity index (χ4v) is 3.14. The smallest absolute Gasteiger partial charge is 0.220 e. The zero-order chi connectivity index (χ0) is 14.9. The van der Waals surface area contributed by atoms with Gasteiger partial charge in [-0.25, -0.2) is 8.78 Å². The molecular formula is C16H19F2NO2. The molecule has 0 bridgehead atoms. The fourth-order valence-electron chi connectivity index (χ4n) is 3.14. The topological polar surface area (TPSA) is 38.3 Å². The Kier molecular flexibility index (Phi) is 3.93. The Labute approximate surface area is 122 Å². The number of benzene rings is 1. The Morgan fingerprint density at radius 1 is 1.33 bits per heavy atom. The summed E-state index contributed by atoms with van der Waals surface area (Å²) in [6.45, 7) is 1.53. The molecule has 1 heterocycles. The predicted molar refractivity (Wildman–Crippen MR) is 73.7 cm³/mol. The van der Waals surface area contributed by atoms with E-state index in [1.165, 1.54) is 12.1 Å². The lowest BCUT2D eigenvalue weighted by molar-refractivity contribution is -0.121. The van der Waals surface area contributed by atoms with Gasteiger partial charge in [0, 0.05) is 25.7 Å². The van der Waals surface area contributed by atoms with Gasteiger partial charge < -0.3 is 10.1 Å². The van der Waals surface area contributed by atoms with E-state index in [0.717, 1.165) is 38.5 Å². The third-order valence-electron chi connectivity index (χ3n) is 4.67. The van der Waals surface area contributed by atoms with Crippen molar-refractivity contribution in [1.82, 2.24) is 5.32 Å². The molecular weight excluding hydrogens is 276 g/mol. The molecule has 1 aliphatic carbocycles. The minimum absolute atomic E-state index is 0.0907. The summed E-state index contributed by atoms with van der Waals surface area (Å²) in [5, 5.41) is 3.01. The first-order chi connectivity index (χ1) is 10.1. The first-order valence-corrected chi connectivity index (χ1v) is 7.41. The molecule has 2 aliphatic rings. The normalized spacial score (nSPS) is 23.0. The molecule has 1 amide bonds. The largest absolute Gasteiger partial charge is 0.381 e. The van der Waals surface area contributed by atoms with Gasteiger partial charge >= 0.3 is 0 Å². The van der Waals surface area contributed by atoms with E-state index in [-0.39, 0.29) is 35.8 Å². The van der Waals surface area contributed by atoms with Crippen molar-refractivity contribution in [1.29, 1.82) is 0 Å². The van der Waals surface area contributed by atoms with Crippen LogP contribution in [0.25, 0.3) is 0 Å². The van der Waals surface area contributed by atoms with Crippen molar-refractivity contribution in [3.8, 4) is 0 Å². The van der Waals surface area contributed by atoms with Crippen molar-refractivity contribution in [2.24, 2.45) is 5.41 Å². The predicted octanol–water partition coefficient (Wildman–Crippen LogP) is 2.58. The number of ether oxygens (including phenoxy) is 1. The van der Waals surface area contributed by atoms with Gasteiger partial charge in [0.1, 0.15) is 0 Å². The van der Waals surface area contributed by atoms with Crippen LogP contribution in [0.4, 0.5) is 8.78 Å². The van der Waals surface area contributed by atoms with Crippen molar-refractivity contribution >= 4 is 5.91 Å². The van der Waals surface area contributed by atoms with E-state index in [4.69, 9.17) is 4.74 Å². The highest BCUT2D eigenvalue weighted by molar-refractivity contribution is 5.77. The molecule has 114 valence electrons. The first-order valence-electron chi connectivity index (χ1n) is 7.41. The second-order valence-electron chi connectivity index (χ2n) is 6.01.